The van der Waals surface area contributed by atoms with E-state index in [0.29, 0.717) is 6.42 Å². The van der Waals surface area contributed by atoms with Crippen LogP contribution in [0.5, 0.6) is 0 Å². The first-order chi connectivity index (χ1) is 4.48. The molecule has 0 spiro atoms. The van der Waals surface area contributed by atoms with E-state index in [9.17, 15) is 17.2 Å². The second-order valence-corrected chi connectivity index (χ2v) is 5.31. The Morgan fingerprint density at radius 1 is 1.50 bits per heavy atom. The van der Waals surface area contributed by atoms with Crippen molar-refractivity contribution in [2.24, 2.45) is 0 Å². The molecule has 0 saturated heterocycles. The third kappa shape index (κ3) is 4.89. The van der Waals surface area contributed by atoms with Gasteiger partial charge in [0.15, 0.2) is 9.84 Å². The Labute approximate surface area is 62.8 Å². The monoisotopic (exact) mass is 185 g/mol. The van der Waals surface area contributed by atoms with Gasteiger partial charge in [-0.25, -0.2) is 8.42 Å². The molecule has 0 bridgehead atoms. The molecule has 0 radical (unpaired) electrons. The van der Waals surface area contributed by atoms with Gasteiger partial charge in [-0.2, -0.15) is 0 Å². The van der Waals surface area contributed by atoms with Gasteiger partial charge in [0.05, 0.1) is 5.75 Å². The minimum absolute atomic E-state index is 0.0546. The van der Waals surface area contributed by atoms with Gasteiger partial charge in [0.25, 0.3) is 0 Å². The zero-order valence-electron chi connectivity index (χ0n) is 5.57. The number of hydrogen-bond acceptors (Lipinski definition) is 4. The number of rotatable bonds is 4. The Kier molecular flexibility index (Phi) is 4.07. The highest BCUT2D eigenvalue weighted by Crippen LogP contribution is 1.94. The molecule has 0 aromatic carbocycles. The van der Waals surface area contributed by atoms with E-state index in [1.54, 1.807) is 6.92 Å². The average molecular weight is 185 g/mol. The lowest BCUT2D eigenvalue weighted by molar-refractivity contribution is 0.539. The minimum Gasteiger partial charge on any atom is -0.772 e. The third-order valence-corrected chi connectivity index (χ3v) is 4.03. The molecule has 0 aromatic rings. The first-order valence-corrected chi connectivity index (χ1v) is 5.81. The van der Waals surface area contributed by atoms with Gasteiger partial charge in [0.1, 0.15) is 5.08 Å². The van der Waals surface area contributed by atoms with Crippen molar-refractivity contribution in [2.75, 3.05) is 10.8 Å². The predicted molar refractivity (Wildman–Crippen MR) is 37.9 cm³/mol. The van der Waals surface area contributed by atoms with Crippen LogP contribution in [-0.4, -0.2) is 28.0 Å². The van der Waals surface area contributed by atoms with E-state index in [0.717, 1.165) is 0 Å². The Balaban J connectivity index is 4.02. The smallest absolute Gasteiger partial charge is 0.160 e. The highest BCUT2D eigenvalue weighted by atomic mass is 32.3. The lowest BCUT2D eigenvalue weighted by Crippen LogP contribution is -2.13. The van der Waals surface area contributed by atoms with Crippen LogP contribution in [0.1, 0.15) is 13.3 Å². The summed E-state index contributed by atoms with van der Waals surface area (Å²) in [5.41, 5.74) is 0. The van der Waals surface area contributed by atoms with Crippen molar-refractivity contribution in [2.45, 2.75) is 13.3 Å². The Hall–Kier alpha value is 0.0600. The van der Waals surface area contributed by atoms with Gasteiger partial charge >= 0.3 is 0 Å². The van der Waals surface area contributed by atoms with Gasteiger partial charge in [-0.3, -0.25) is 4.21 Å². The fourth-order valence-electron chi connectivity index (χ4n) is 0.517. The van der Waals surface area contributed by atoms with Gasteiger partial charge in [-0.15, -0.1) is 0 Å². The molecule has 0 N–H and O–H groups in total. The summed E-state index contributed by atoms with van der Waals surface area (Å²) < 4.78 is 41.1. The molecule has 1 unspecified atom stereocenters. The molecule has 0 rings (SSSR count). The fourth-order valence-corrected chi connectivity index (χ4v) is 2.78. The molecule has 0 aromatic heterocycles. The zero-order chi connectivity index (χ0) is 8.20. The van der Waals surface area contributed by atoms with Crippen molar-refractivity contribution in [3.05, 3.63) is 0 Å². The predicted octanol–water partition coefficient (Wildman–Crippen LogP) is -0.352. The van der Waals surface area contributed by atoms with Crippen LogP contribution < -0.4 is 0 Å². The van der Waals surface area contributed by atoms with Gasteiger partial charge in [0.2, 0.25) is 0 Å². The largest absolute Gasteiger partial charge is 0.772 e. The lowest BCUT2D eigenvalue weighted by Gasteiger charge is -2.04. The molecule has 6 heteroatoms. The lowest BCUT2D eigenvalue weighted by atomic mass is 10.6. The van der Waals surface area contributed by atoms with E-state index in [4.69, 9.17) is 0 Å². The number of sulfone groups is 1. The summed E-state index contributed by atoms with van der Waals surface area (Å²) in [7, 11) is -3.34. The first kappa shape index (κ1) is 10.1. The van der Waals surface area contributed by atoms with Crippen LogP contribution in [0.3, 0.4) is 0 Å². The van der Waals surface area contributed by atoms with E-state index in [2.05, 4.69) is 0 Å². The van der Waals surface area contributed by atoms with E-state index in [-0.39, 0.29) is 5.75 Å². The Morgan fingerprint density at radius 3 is 2.30 bits per heavy atom. The fraction of sp³-hybridized carbons (Fsp3) is 1.00. The van der Waals surface area contributed by atoms with Crippen molar-refractivity contribution >= 4 is 20.9 Å². The number of hydrogen-bond donors (Lipinski definition) is 0. The molecule has 1 atom stereocenters. The zero-order valence-corrected chi connectivity index (χ0v) is 7.20. The standard InChI is InChI=1S/C4H10O4S2/c1-2-3-10(7,8)4-9(5)6/h2-4H2,1H3,(H,5,6)/p-1. The molecule has 4 nitrogen and oxygen atoms in total. The summed E-state index contributed by atoms with van der Waals surface area (Å²) in [6.45, 7) is 1.69. The SMILES string of the molecule is CCCS(=O)(=O)CS(=O)[O-]. The Bertz CT molecular complexity index is 205. The van der Waals surface area contributed by atoms with Crippen molar-refractivity contribution in [1.29, 1.82) is 0 Å². The highest BCUT2D eigenvalue weighted by Gasteiger charge is 2.07. The molecule has 0 aliphatic rings. The van der Waals surface area contributed by atoms with E-state index in [1.165, 1.54) is 0 Å². The molecule has 0 amide bonds. The molecular weight excluding hydrogens is 176 g/mol. The van der Waals surface area contributed by atoms with Crippen LogP contribution in [0.2, 0.25) is 0 Å². The maximum absolute atomic E-state index is 10.6. The molecule has 62 valence electrons. The first-order valence-electron chi connectivity index (χ1n) is 2.74. The molecule has 10 heavy (non-hydrogen) atoms. The normalized spacial score (nSPS) is 15.0. The van der Waals surface area contributed by atoms with Crippen LogP contribution in [-0.2, 0) is 20.9 Å². The van der Waals surface area contributed by atoms with Gasteiger partial charge in [-0.05, 0) is 17.5 Å². The third-order valence-electron chi connectivity index (χ3n) is 0.791. The molecule has 0 aliphatic heterocycles. The van der Waals surface area contributed by atoms with Crippen LogP contribution in [0, 0.1) is 0 Å². The summed E-state index contributed by atoms with van der Waals surface area (Å²) in [6, 6.07) is 0. The topological polar surface area (TPSA) is 74.3 Å². The van der Waals surface area contributed by atoms with Crippen LogP contribution in [0.15, 0.2) is 0 Å². The van der Waals surface area contributed by atoms with Crippen molar-refractivity contribution in [1.82, 2.24) is 0 Å². The summed E-state index contributed by atoms with van der Waals surface area (Å²) in [5.74, 6) is -0.0546. The van der Waals surface area contributed by atoms with Crippen molar-refractivity contribution in [3.63, 3.8) is 0 Å². The summed E-state index contributed by atoms with van der Waals surface area (Å²) in [6.07, 6.45) is 0.458. The van der Waals surface area contributed by atoms with Gasteiger partial charge in [-0.1, -0.05) is 6.92 Å². The summed E-state index contributed by atoms with van der Waals surface area (Å²) in [4.78, 5) is 0. The quantitative estimate of drug-likeness (QED) is 0.561. The van der Waals surface area contributed by atoms with E-state index < -0.39 is 26.0 Å². The second kappa shape index (κ2) is 4.05. The molecule has 0 saturated carbocycles. The van der Waals surface area contributed by atoms with Gasteiger partial charge < -0.3 is 4.55 Å². The summed E-state index contributed by atoms with van der Waals surface area (Å²) in [5, 5.41) is -0.749. The Morgan fingerprint density at radius 2 is 2.00 bits per heavy atom. The maximum atomic E-state index is 10.6. The molecule has 0 aliphatic carbocycles. The average Bonchev–Trinajstić information content (AvgIpc) is 1.59. The van der Waals surface area contributed by atoms with Crippen molar-refractivity contribution in [3.8, 4) is 0 Å². The highest BCUT2D eigenvalue weighted by molar-refractivity contribution is 8.03. The van der Waals surface area contributed by atoms with Crippen LogP contribution >= 0.6 is 0 Å². The van der Waals surface area contributed by atoms with Crippen LogP contribution in [0.25, 0.3) is 0 Å². The van der Waals surface area contributed by atoms with Crippen LogP contribution in [0.4, 0.5) is 0 Å². The molecule has 0 fully saturated rings. The summed E-state index contributed by atoms with van der Waals surface area (Å²) >= 11 is -2.47. The van der Waals surface area contributed by atoms with E-state index in [1.807, 2.05) is 0 Å². The molecular formula is C4H9O4S2-. The molecule has 0 heterocycles. The second-order valence-electron chi connectivity index (χ2n) is 1.87. The van der Waals surface area contributed by atoms with E-state index >= 15 is 0 Å². The van der Waals surface area contributed by atoms with Gasteiger partial charge in [0, 0.05) is 0 Å². The minimum atomic E-state index is -3.34. The maximum Gasteiger partial charge on any atom is 0.160 e. The van der Waals surface area contributed by atoms with Crippen molar-refractivity contribution < 1.29 is 17.2 Å².